The second-order valence-corrected chi connectivity index (χ2v) is 4.45. The van der Waals surface area contributed by atoms with E-state index < -0.39 is 0 Å². The average Bonchev–Trinajstić information content (AvgIpc) is 2.31. The molecule has 0 bridgehead atoms. The van der Waals surface area contributed by atoms with Crippen LogP contribution in [0.2, 0.25) is 0 Å². The number of hydrogen-bond acceptors (Lipinski definition) is 0. The molecular weight excluding hydrogens is 290 g/mol. The quantitative estimate of drug-likeness (QED) is 0.685. The molecule has 0 heterocycles. The van der Waals surface area contributed by atoms with Gasteiger partial charge < -0.3 is 0 Å². The van der Waals surface area contributed by atoms with Crippen molar-refractivity contribution in [3.63, 3.8) is 0 Å². The van der Waals surface area contributed by atoms with Crippen LogP contribution in [-0.2, 0) is 5.88 Å². The van der Waals surface area contributed by atoms with Gasteiger partial charge in [-0.1, -0.05) is 36.4 Å². The Bertz CT molecular complexity index is 511. The van der Waals surface area contributed by atoms with E-state index in [1.165, 1.54) is 6.07 Å². The van der Waals surface area contributed by atoms with E-state index in [1.54, 1.807) is 12.1 Å². The fraction of sp³-hybridized carbons (Fsp3) is 0.0769. The van der Waals surface area contributed by atoms with Crippen LogP contribution in [0.1, 0.15) is 5.56 Å². The first-order valence-electron chi connectivity index (χ1n) is 4.82. The van der Waals surface area contributed by atoms with Crippen molar-refractivity contribution in [2.24, 2.45) is 0 Å². The van der Waals surface area contributed by atoms with Gasteiger partial charge in [-0.3, -0.25) is 0 Å². The SMILES string of the molecule is Fc1ccccc1-c1cccc(CCl)c1Br. The number of benzene rings is 2. The van der Waals surface area contributed by atoms with E-state index in [9.17, 15) is 4.39 Å². The molecule has 0 spiro atoms. The summed E-state index contributed by atoms with van der Waals surface area (Å²) in [5.41, 5.74) is 2.38. The van der Waals surface area contributed by atoms with Crippen LogP contribution < -0.4 is 0 Å². The Balaban J connectivity index is 2.61. The summed E-state index contributed by atoms with van der Waals surface area (Å²) < 4.78 is 14.5. The molecule has 0 aromatic heterocycles. The van der Waals surface area contributed by atoms with Crippen molar-refractivity contribution >= 4 is 27.5 Å². The maximum Gasteiger partial charge on any atom is 0.131 e. The minimum Gasteiger partial charge on any atom is -0.206 e. The second kappa shape index (κ2) is 4.98. The lowest BCUT2D eigenvalue weighted by Crippen LogP contribution is -1.88. The zero-order chi connectivity index (χ0) is 11.5. The van der Waals surface area contributed by atoms with Gasteiger partial charge in [0.2, 0.25) is 0 Å². The molecule has 2 rings (SSSR count). The third kappa shape index (κ3) is 2.13. The highest BCUT2D eigenvalue weighted by Crippen LogP contribution is 2.33. The zero-order valence-corrected chi connectivity index (χ0v) is 10.7. The predicted octanol–water partition coefficient (Wildman–Crippen LogP) is 4.99. The summed E-state index contributed by atoms with van der Waals surface area (Å²) in [6.45, 7) is 0. The van der Waals surface area contributed by atoms with Gasteiger partial charge in [0.05, 0.1) is 0 Å². The third-order valence-electron chi connectivity index (χ3n) is 2.39. The van der Waals surface area contributed by atoms with Gasteiger partial charge >= 0.3 is 0 Å². The molecule has 0 radical (unpaired) electrons. The van der Waals surface area contributed by atoms with Crippen molar-refractivity contribution in [3.8, 4) is 11.1 Å². The molecule has 0 saturated heterocycles. The zero-order valence-electron chi connectivity index (χ0n) is 8.38. The lowest BCUT2D eigenvalue weighted by molar-refractivity contribution is 0.631. The second-order valence-electron chi connectivity index (χ2n) is 3.39. The van der Waals surface area contributed by atoms with E-state index in [4.69, 9.17) is 11.6 Å². The van der Waals surface area contributed by atoms with E-state index in [0.717, 1.165) is 15.6 Å². The molecule has 16 heavy (non-hydrogen) atoms. The van der Waals surface area contributed by atoms with E-state index in [1.807, 2.05) is 24.3 Å². The molecule has 82 valence electrons. The summed E-state index contributed by atoms with van der Waals surface area (Å²) in [7, 11) is 0. The standard InChI is InChI=1S/C13H9BrClF/c14-13-9(8-15)4-3-6-11(13)10-5-1-2-7-12(10)16/h1-7H,8H2. The smallest absolute Gasteiger partial charge is 0.131 e. The number of hydrogen-bond donors (Lipinski definition) is 0. The molecule has 0 N–H and O–H groups in total. The first kappa shape index (κ1) is 11.6. The van der Waals surface area contributed by atoms with Crippen LogP contribution in [0.3, 0.4) is 0 Å². The maximum absolute atomic E-state index is 13.6. The number of alkyl halides is 1. The minimum absolute atomic E-state index is 0.227. The molecule has 2 aromatic rings. The van der Waals surface area contributed by atoms with Crippen molar-refractivity contribution in [1.29, 1.82) is 0 Å². The fourth-order valence-corrected chi connectivity index (χ4v) is 2.57. The maximum atomic E-state index is 13.6. The summed E-state index contributed by atoms with van der Waals surface area (Å²) in [5.74, 6) is 0.179. The van der Waals surface area contributed by atoms with Crippen molar-refractivity contribution in [2.75, 3.05) is 0 Å². The number of halogens is 3. The lowest BCUT2D eigenvalue weighted by atomic mass is 10.0. The molecule has 0 unspecified atom stereocenters. The van der Waals surface area contributed by atoms with Gasteiger partial charge in [0, 0.05) is 15.9 Å². The van der Waals surface area contributed by atoms with Crippen molar-refractivity contribution in [1.82, 2.24) is 0 Å². The highest BCUT2D eigenvalue weighted by atomic mass is 79.9. The molecule has 3 heteroatoms. The molecule has 0 aliphatic rings. The molecule has 0 atom stereocenters. The Morgan fingerprint density at radius 3 is 2.38 bits per heavy atom. The van der Waals surface area contributed by atoms with Gasteiger partial charge in [-0.2, -0.15) is 0 Å². The van der Waals surface area contributed by atoms with Crippen LogP contribution in [0.15, 0.2) is 46.9 Å². The molecule has 0 fully saturated rings. The summed E-state index contributed by atoms with van der Waals surface area (Å²) in [4.78, 5) is 0. The Morgan fingerprint density at radius 2 is 1.69 bits per heavy atom. The molecular formula is C13H9BrClF. The van der Waals surface area contributed by atoms with Gasteiger partial charge in [0.25, 0.3) is 0 Å². The van der Waals surface area contributed by atoms with Crippen molar-refractivity contribution in [3.05, 3.63) is 58.3 Å². The topological polar surface area (TPSA) is 0 Å². The van der Waals surface area contributed by atoms with E-state index in [2.05, 4.69) is 15.9 Å². The van der Waals surface area contributed by atoms with E-state index >= 15 is 0 Å². The van der Waals surface area contributed by atoms with Crippen LogP contribution in [0, 0.1) is 5.82 Å². The summed E-state index contributed by atoms with van der Waals surface area (Å²) >= 11 is 9.27. The highest BCUT2D eigenvalue weighted by molar-refractivity contribution is 9.10. The molecule has 0 aliphatic carbocycles. The molecule has 2 aromatic carbocycles. The highest BCUT2D eigenvalue weighted by Gasteiger charge is 2.10. The van der Waals surface area contributed by atoms with Crippen LogP contribution in [-0.4, -0.2) is 0 Å². The number of rotatable bonds is 2. The van der Waals surface area contributed by atoms with Gasteiger partial charge in [0.1, 0.15) is 5.82 Å². The van der Waals surface area contributed by atoms with Crippen LogP contribution in [0.5, 0.6) is 0 Å². The average molecular weight is 300 g/mol. The Hall–Kier alpha value is -0.860. The van der Waals surface area contributed by atoms with Crippen LogP contribution in [0.4, 0.5) is 4.39 Å². The van der Waals surface area contributed by atoms with Gasteiger partial charge in [-0.05, 0) is 33.1 Å². The van der Waals surface area contributed by atoms with Crippen molar-refractivity contribution < 1.29 is 4.39 Å². The summed E-state index contributed by atoms with van der Waals surface area (Å²) in [5, 5.41) is 0. The van der Waals surface area contributed by atoms with Gasteiger partial charge in [-0.15, -0.1) is 11.6 Å². The monoisotopic (exact) mass is 298 g/mol. The molecule has 0 aliphatic heterocycles. The van der Waals surface area contributed by atoms with E-state index in [-0.39, 0.29) is 5.82 Å². The summed E-state index contributed by atoms with van der Waals surface area (Å²) in [6.07, 6.45) is 0. The predicted molar refractivity (Wildman–Crippen MR) is 69.1 cm³/mol. The molecule has 0 amide bonds. The molecule has 0 saturated carbocycles. The van der Waals surface area contributed by atoms with E-state index in [0.29, 0.717) is 11.4 Å². The van der Waals surface area contributed by atoms with Gasteiger partial charge in [0.15, 0.2) is 0 Å². The lowest BCUT2D eigenvalue weighted by Gasteiger charge is -2.08. The van der Waals surface area contributed by atoms with Crippen LogP contribution in [0.25, 0.3) is 11.1 Å². The molecule has 0 nitrogen and oxygen atoms in total. The fourth-order valence-electron chi connectivity index (χ4n) is 1.57. The minimum atomic E-state index is -0.227. The van der Waals surface area contributed by atoms with Gasteiger partial charge in [-0.25, -0.2) is 4.39 Å². The van der Waals surface area contributed by atoms with Crippen molar-refractivity contribution in [2.45, 2.75) is 5.88 Å². The summed E-state index contributed by atoms with van der Waals surface area (Å²) in [6, 6.07) is 12.4. The normalized spacial score (nSPS) is 10.4. The first-order chi connectivity index (χ1) is 7.74. The first-order valence-corrected chi connectivity index (χ1v) is 6.15. The Morgan fingerprint density at radius 1 is 1.00 bits per heavy atom. The Labute approximate surface area is 107 Å². The Kier molecular flexibility index (Phi) is 3.62. The third-order valence-corrected chi connectivity index (χ3v) is 3.61. The largest absolute Gasteiger partial charge is 0.206 e. The van der Waals surface area contributed by atoms with Crippen LogP contribution >= 0.6 is 27.5 Å².